The molecule has 2 aromatic rings. The van der Waals surface area contributed by atoms with Crippen molar-refractivity contribution < 1.29 is 14.0 Å². The number of urea groups is 1. The van der Waals surface area contributed by atoms with Crippen LogP contribution >= 0.6 is 0 Å². The van der Waals surface area contributed by atoms with Gasteiger partial charge in [0.2, 0.25) is 5.91 Å². The lowest BCUT2D eigenvalue weighted by Gasteiger charge is -2.26. The van der Waals surface area contributed by atoms with E-state index in [2.05, 4.69) is 22.5 Å². The lowest BCUT2D eigenvalue weighted by atomic mass is 10.1. The van der Waals surface area contributed by atoms with Crippen molar-refractivity contribution in [2.45, 2.75) is 25.8 Å². The summed E-state index contributed by atoms with van der Waals surface area (Å²) >= 11 is 0. The van der Waals surface area contributed by atoms with Crippen molar-refractivity contribution in [3.8, 4) is 11.8 Å². The van der Waals surface area contributed by atoms with Gasteiger partial charge >= 0.3 is 6.03 Å². The molecular weight excluding hydrogens is 357 g/mol. The van der Waals surface area contributed by atoms with Crippen molar-refractivity contribution in [1.29, 1.82) is 0 Å². The first-order valence-corrected chi connectivity index (χ1v) is 9.27. The van der Waals surface area contributed by atoms with Crippen molar-refractivity contribution in [2.75, 3.05) is 18.0 Å². The molecule has 1 heterocycles. The lowest BCUT2D eigenvalue weighted by molar-refractivity contribution is -0.119. The van der Waals surface area contributed by atoms with Crippen molar-refractivity contribution in [3.63, 3.8) is 0 Å². The Kier molecular flexibility index (Phi) is 6.64. The topological polar surface area (TPSA) is 61.4 Å². The van der Waals surface area contributed by atoms with Gasteiger partial charge < -0.3 is 15.5 Å². The van der Waals surface area contributed by atoms with Gasteiger partial charge in [0.1, 0.15) is 5.82 Å². The Balaban J connectivity index is 1.43. The van der Waals surface area contributed by atoms with Gasteiger partial charge in [-0.3, -0.25) is 4.79 Å². The molecule has 1 aliphatic rings. The number of piperidine rings is 1. The normalized spacial score (nSPS) is 13.5. The third kappa shape index (κ3) is 5.58. The molecule has 1 fully saturated rings. The first kappa shape index (κ1) is 19.4. The van der Waals surface area contributed by atoms with Gasteiger partial charge in [-0.15, -0.1) is 0 Å². The minimum Gasteiger partial charge on any atom is -0.334 e. The largest absolute Gasteiger partial charge is 0.334 e. The monoisotopic (exact) mass is 379 g/mol. The molecule has 3 amide bonds. The van der Waals surface area contributed by atoms with E-state index in [1.807, 2.05) is 29.2 Å². The fourth-order valence-electron chi connectivity index (χ4n) is 2.92. The fraction of sp³-hybridized carbons (Fsp3) is 0.273. The van der Waals surface area contributed by atoms with Crippen molar-refractivity contribution in [2.24, 2.45) is 0 Å². The zero-order valence-corrected chi connectivity index (χ0v) is 15.5. The average Bonchev–Trinajstić information content (AvgIpc) is 2.72. The van der Waals surface area contributed by atoms with Crippen LogP contribution in [0.15, 0.2) is 48.5 Å². The highest BCUT2D eigenvalue weighted by Crippen LogP contribution is 2.20. The number of nitrogens with zero attached hydrogens (tertiary/aromatic N) is 1. The minimum atomic E-state index is -0.336. The Labute approximate surface area is 163 Å². The van der Waals surface area contributed by atoms with Gasteiger partial charge in [-0.2, -0.15) is 0 Å². The highest BCUT2D eigenvalue weighted by Gasteiger charge is 2.19. The Morgan fingerprint density at radius 1 is 1.04 bits per heavy atom. The highest BCUT2D eigenvalue weighted by atomic mass is 19.1. The van der Waals surface area contributed by atoms with Crippen LogP contribution in [0.1, 0.15) is 30.4 Å². The van der Waals surface area contributed by atoms with Gasteiger partial charge in [0.15, 0.2) is 0 Å². The second-order valence-electron chi connectivity index (χ2n) is 6.51. The van der Waals surface area contributed by atoms with E-state index in [0.717, 1.165) is 36.2 Å². The summed E-state index contributed by atoms with van der Waals surface area (Å²) in [6.45, 7) is 1.29. The summed E-state index contributed by atoms with van der Waals surface area (Å²) in [6.07, 6.45) is 2.60. The van der Waals surface area contributed by atoms with Crippen LogP contribution in [0.2, 0.25) is 0 Å². The number of nitrogens with one attached hydrogen (secondary N) is 2. The SMILES string of the molecule is O=C(NCC#Cc1ccc(N2CCCCC2=O)cc1)NCc1ccc(F)cc1. The lowest BCUT2D eigenvalue weighted by Crippen LogP contribution is -2.35. The Bertz CT molecular complexity index is 883. The molecule has 0 radical (unpaired) electrons. The molecule has 0 unspecified atom stereocenters. The van der Waals surface area contributed by atoms with Crippen LogP contribution in [0.5, 0.6) is 0 Å². The molecule has 6 heteroatoms. The molecule has 5 nitrogen and oxygen atoms in total. The first-order chi connectivity index (χ1) is 13.6. The summed E-state index contributed by atoms with van der Waals surface area (Å²) in [5.41, 5.74) is 2.53. The summed E-state index contributed by atoms with van der Waals surface area (Å²) in [5.74, 6) is 5.74. The zero-order valence-electron chi connectivity index (χ0n) is 15.5. The van der Waals surface area contributed by atoms with Crippen molar-refractivity contribution in [1.82, 2.24) is 10.6 Å². The van der Waals surface area contributed by atoms with E-state index in [-0.39, 0.29) is 24.3 Å². The smallest absolute Gasteiger partial charge is 0.315 e. The molecular formula is C22H22FN3O2. The summed E-state index contributed by atoms with van der Waals surface area (Å²) in [6, 6.07) is 13.2. The maximum Gasteiger partial charge on any atom is 0.315 e. The van der Waals surface area contributed by atoms with E-state index < -0.39 is 0 Å². The molecule has 0 saturated carbocycles. The number of rotatable bonds is 4. The van der Waals surface area contributed by atoms with Gasteiger partial charge in [-0.1, -0.05) is 24.0 Å². The van der Waals surface area contributed by atoms with E-state index >= 15 is 0 Å². The third-order valence-corrected chi connectivity index (χ3v) is 4.44. The molecule has 1 aliphatic heterocycles. The van der Waals surface area contributed by atoms with Gasteiger partial charge in [-0.05, 0) is 54.8 Å². The molecule has 1 saturated heterocycles. The number of carbonyl (C=O) groups excluding carboxylic acids is 2. The van der Waals surface area contributed by atoms with Crippen LogP contribution < -0.4 is 15.5 Å². The van der Waals surface area contributed by atoms with Crippen LogP contribution in [0, 0.1) is 17.7 Å². The maximum atomic E-state index is 12.8. The predicted octanol–water partition coefficient (Wildman–Crippen LogP) is 3.19. The van der Waals surface area contributed by atoms with Gasteiger partial charge in [0.25, 0.3) is 0 Å². The second kappa shape index (κ2) is 9.56. The fourth-order valence-corrected chi connectivity index (χ4v) is 2.92. The van der Waals surface area contributed by atoms with E-state index in [1.165, 1.54) is 12.1 Å². The molecule has 0 atom stereocenters. The van der Waals surface area contributed by atoms with E-state index in [1.54, 1.807) is 12.1 Å². The zero-order chi connectivity index (χ0) is 19.8. The maximum absolute atomic E-state index is 12.8. The number of hydrogen-bond acceptors (Lipinski definition) is 2. The molecule has 0 aromatic heterocycles. The first-order valence-electron chi connectivity index (χ1n) is 9.27. The Hall–Kier alpha value is -3.33. The summed E-state index contributed by atoms with van der Waals surface area (Å²) in [7, 11) is 0. The highest BCUT2D eigenvalue weighted by molar-refractivity contribution is 5.94. The Morgan fingerprint density at radius 2 is 1.79 bits per heavy atom. The van der Waals surface area contributed by atoms with Gasteiger partial charge in [0, 0.05) is 30.8 Å². The standard InChI is InChI=1S/C22H22FN3O2/c23-19-10-6-18(7-11-19)16-25-22(28)24-14-3-4-17-8-12-20(13-9-17)26-15-2-1-5-21(26)27/h6-13H,1-2,5,14-16H2,(H2,24,25,28). The molecule has 3 rings (SSSR count). The molecule has 144 valence electrons. The number of halogens is 1. The molecule has 0 bridgehead atoms. The van der Waals surface area contributed by atoms with Crippen molar-refractivity contribution in [3.05, 3.63) is 65.5 Å². The Morgan fingerprint density at radius 3 is 2.50 bits per heavy atom. The van der Waals surface area contributed by atoms with Crippen LogP contribution in [0.4, 0.5) is 14.9 Å². The van der Waals surface area contributed by atoms with E-state index in [4.69, 9.17) is 0 Å². The van der Waals surface area contributed by atoms with Crippen LogP contribution in [0.25, 0.3) is 0 Å². The van der Waals surface area contributed by atoms with Crippen molar-refractivity contribution >= 4 is 17.6 Å². The summed E-state index contributed by atoms with van der Waals surface area (Å²) in [5, 5.41) is 5.34. The van der Waals surface area contributed by atoms with Gasteiger partial charge in [-0.25, -0.2) is 9.18 Å². The molecule has 2 aromatic carbocycles. The molecule has 0 aliphatic carbocycles. The number of anilines is 1. The number of carbonyl (C=O) groups is 2. The number of hydrogen-bond donors (Lipinski definition) is 2. The minimum absolute atomic E-state index is 0.168. The quantitative estimate of drug-likeness (QED) is 0.802. The molecule has 0 spiro atoms. The second-order valence-corrected chi connectivity index (χ2v) is 6.51. The van der Waals surface area contributed by atoms with Crippen LogP contribution in [-0.4, -0.2) is 25.0 Å². The third-order valence-electron chi connectivity index (χ3n) is 4.44. The van der Waals surface area contributed by atoms with E-state index in [0.29, 0.717) is 13.0 Å². The number of amides is 3. The summed E-state index contributed by atoms with van der Waals surface area (Å²) < 4.78 is 12.8. The number of benzene rings is 2. The van der Waals surface area contributed by atoms with E-state index in [9.17, 15) is 14.0 Å². The average molecular weight is 379 g/mol. The summed E-state index contributed by atoms with van der Waals surface area (Å²) in [4.78, 5) is 25.5. The van der Waals surface area contributed by atoms with Crippen LogP contribution in [-0.2, 0) is 11.3 Å². The molecule has 2 N–H and O–H groups in total. The van der Waals surface area contributed by atoms with Crippen LogP contribution in [0.3, 0.4) is 0 Å². The van der Waals surface area contributed by atoms with Gasteiger partial charge in [0.05, 0.1) is 6.54 Å². The molecule has 28 heavy (non-hydrogen) atoms. The predicted molar refractivity (Wildman–Crippen MR) is 106 cm³/mol.